The van der Waals surface area contributed by atoms with Gasteiger partial charge in [-0.3, -0.25) is 9.59 Å². The van der Waals surface area contributed by atoms with E-state index >= 15 is 0 Å². The highest BCUT2D eigenvalue weighted by molar-refractivity contribution is 14.1. The third-order valence-electron chi connectivity index (χ3n) is 2.98. The fourth-order valence-corrected chi connectivity index (χ4v) is 3.41. The van der Waals surface area contributed by atoms with Crippen LogP contribution < -0.4 is 15.3 Å². The third-order valence-corrected chi connectivity index (χ3v) is 4.90. The van der Waals surface area contributed by atoms with Crippen molar-refractivity contribution in [3.63, 3.8) is 0 Å². The highest BCUT2D eigenvalue weighted by Crippen LogP contribution is 2.22. The molecule has 0 radical (unpaired) electrons. The van der Waals surface area contributed by atoms with Crippen LogP contribution in [-0.2, 0) is 10.1 Å². The first-order valence-corrected chi connectivity index (χ1v) is 8.80. The summed E-state index contributed by atoms with van der Waals surface area (Å²) in [5.74, 6) is 0.187. The Balaban J connectivity index is 2.06. The summed E-state index contributed by atoms with van der Waals surface area (Å²) in [6.07, 6.45) is 0. The smallest absolute Gasteiger partial charge is 0.339 e. The molecule has 3 aromatic rings. The molecule has 1 heterocycles. The van der Waals surface area contributed by atoms with Gasteiger partial charge in [-0.15, -0.1) is 0 Å². The number of benzene rings is 2. The Morgan fingerprint density at radius 3 is 2.30 bits per heavy atom. The van der Waals surface area contributed by atoms with Crippen LogP contribution in [0.25, 0.3) is 11.0 Å². The van der Waals surface area contributed by atoms with Crippen LogP contribution in [0.1, 0.15) is 0 Å². The Hall–Kier alpha value is -2.14. The standard InChI is InChI=1S/C14H9IN2O5S/c15-8-2-1-3-9(6-8)22-23(20,21)10-4-5-11-12(7-10)17-14(19)13(18)16-11/h1-7H,(H,16,18)(H,17,19). The summed E-state index contributed by atoms with van der Waals surface area (Å²) in [6.45, 7) is 0. The monoisotopic (exact) mass is 444 g/mol. The summed E-state index contributed by atoms with van der Waals surface area (Å²) in [4.78, 5) is 27.1. The van der Waals surface area contributed by atoms with Crippen molar-refractivity contribution in [3.05, 3.63) is 66.7 Å². The molecule has 23 heavy (non-hydrogen) atoms. The van der Waals surface area contributed by atoms with Crippen molar-refractivity contribution in [2.24, 2.45) is 0 Å². The van der Waals surface area contributed by atoms with Gasteiger partial charge in [0.1, 0.15) is 10.6 Å². The van der Waals surface area contributed by atoms with E-state index in [-0.39, 0.29) is 16.2 Å². The number of aromatic amines is 2. The fourth-order valence-electron chi connectivity index (χ4n) is 1.94. The lowest BCUT2D eigenvalue weighted by Gasteiger charge is -2.08. The van der Waals surface area contributed by atoms with Gasteiger partial charge in [0.05, 0.1) is 11.0 Å². The van der Waals surface area contributed by atoms with Crippen LogP contribution in [0.4, 0.5) is 0 Å². The molecule has 9 heteroatoms. The minimum atomic E-state index is -4.06. The van der Waals surface area contributed by atoms with Crippen LogP contribution in [0.5, 0.6) is 5.75 Å². The van der Waals surface area contributed by atoms with Crippen LogP contribution in [-0.4, -0.2) is 18.4 Å². The second-order valence-electron chi connectivity index (χ2n) is 4.61. The Morgan fingerprint density at radius 1 is 0.913 bits per heavy atom. The molecular weight excluding hydrogens is 435 g/mol. The van der Waals surface area contributed by atoms with Crippen LogP contribution >= 0.6 is 22.6 Å². The van der Waals surface area contributed by atoms with Crippen LogP contribution in [0.2, 0.25) is 0 Å². The number of hydrogen-bond donors (Lipinski definition) is 2. The lowest BCUT2D eigenvalue weighted by Crippen LogP contribution is -2.29. The van der Waals surface area contributed by atoms with E-state index in [1.165, 1.54) is 24.3 Å². The molecule has 3 rings (SSSR count). The Morgan fingerprint density at radius 2 is 1.61 bits per heavy atom. The molecule has 0 aliphatic heterocycles. The Kier molecular flexibility index (Phi) is 3.98. The lowest BCUT2D eigenvalue weighted by atomic mass is 10.3. The predicted molar refractivity (Wildman–Crippen MR) is 92.2 cm³/mol. The molecule has 0 saturated carbocycles. The van der Waals surface area contributed by atoms with Gasteiger partial charge in [-0.1, -0.05) is 6.07 Å². The lowest BCUT2D eigenvalue weighted by molar-refractivity contribution is 0.486. The first kappa shape index (κ1) is 15.7. The zero-order valence-electron chi connectivity index (χ0n) is 11.4. The van der Waals surface area contributed by atoms with Gasteiger partial charge >= 0.3 is 21.2 Å². The molecule has 1 aromatic heterocycles. The summed E-state index contributed by atoms with van der Waals surface area (Å²) in [5.41, 5.74) is -1.14. The van der Waals surface area contributed by atoms with E-state index in [9.17, 15) is 18.0 Å². The number of fused-ring (bicyclic) bond motifs is 1. The van der Waals surface area contributed by atoms with Gasteiger partial charge in [0.15, 0.2) is 0 Å². The molecule has 0 saturated heterocycles. The molecular formula is C14H9IN2O5S. The molecule has 0 amide bonds. The molecule has 0 aliphatic rings. The molecule has 0 aliphatic carbocycles. The maximum absolute atomic E-state index is 12.3. The topological polar surface area (TPSA) is 109 Å². The molecule has 0 unspecified atom stereocenters. The summed E-state index contributed by atoms with van der Waals surface area (Å²) in [5, 5.41) is 0. The molecule has 2 N–H and O–H groups in total. The number of rotatable bonds is 3. The van der Waals surface area contributed by atoms with E-state index in [0.717, 1.165) is 3.57 Å². The minimum Gasteiger partial charge on any atom is -0.379 e. The Bertz CT molecular complexity index is 1120. The predicted octanol–water partition coefficient (Wildman–Crippen LogP) is 1.59. The molecule has 0 spiro atoms. The second-order valence-corrected chi connectivity index (χ2v) is 7.40. The molecule has 0 bridgehead atoms. The van der Waals surface area contributed by atoms with Crippen molar-refractivity contribution in [1.29, 1.82) is 0 Å². The first-order valence-electron chi connectivity index (χ1n) is 6.31. The van der Waals surface area contributed by atoms with Gasteiger partial charge < -0.3 is 14.2 Å². The summed E-state index contributed by atoms with van der Waals surface area (Å²) in [6, 6.07) is 10.5. The van der Waals surface area contributed by atoms with Crippen molar-refractivity contribution >= 4 is 43.7 Å². The normalized spacial score (nSPS) is 11.5. The molecule has 0 fully saturated rings. The van der Waals surface area contributed by atoms with Gasteiger partial charge in [-0.2, -0.15) is 8.42 Å². The second kappa shape index (κ2) is 5.81. The number of halogens is 1. The van der Waals surface area contributed by atoms with E-state index in [1.807, 2.05) is 22.6 Å². The van der Waals surface area contributed by atoms with Gasteiger partial charge in [0, 0.05) is 3.57 Å². The highest BCUT2D eigenvalue weighted by atomic mass is 127. The van der Waals surface area contributed by atoms with Crippen LogP contribution in [0, 0.1) is 3.57 Å². The number of H-pyrrole nitrogens is 2. The van der Waals surface area contributed by atoms with Crippen molar-refractivity contribution < 1.29 is 12.6 Å². The summed E-state index contributed by atoms with van der Waals surface area (Å²) < 4.78 is 30.5. The number of nitrogens with one attached hydrogen (secondary N) is 2. The number of hydrogen-bond acceptors (Lipinski definition) is 5. The third kappa shape index (κ3) is 3.29. The molecule has 7 nitrogen and oxygen atoms in total. The largest absolute Gasteiger partial charge is 0.379 e. The van der Waals surface area contributed by atoms with Crippen molar-refractivity contribution in [1.82, 2.24) is 9.97 Å². The van der Waals surface area contributed by atoms with E-state index in [0.29, 0.717) is 5.52 Å². The SMILES string of the molecule is O=c1[nH]c2ccc(S(=O)(=O)Oc3cccc(I)c3)cc2[nH]c1=O. The van der Waals surface area contributed by atoms with E-state index in [1.54, 1.807) is 18.2 Å². The van der Waals surface area contributed by atoms with E-state index in [2.05, 4.69) is 9.97 Å². The average Bonchev–Trinajstić information content (AvgIpc) is 2.47. The van der Waals surface area contributed by atoms with Gasteiger partial charge in [-0.25, -0.2) is 0 Å². The minimum absolute atomic E-state index is 0.133. The number of aromatic nitrogens is 2. The molecule has 0 atom stereocenters. The molecule has 118 valence electrons. The summed E-state index contributed by atoms with van der Waals surface area (Å²) >= 11 is 2.04. The summed E-state index contributed by atoms with van der Waals surface area (Å²) in [7, 11) is -4.06. The average molecular weight is 444 g/mol. The van der Waals surface area contributed by atoms with Crippen molar-refractivity contribution in [2.45, 2.75) is 4.90 Å². The van der Waals surface area contributed by atoms with Crippen molar-refractivity contribution in [2.75, 3.05) is 0 Å². The van der Waals surface area contributed by atoms with Gasteiger partial charge in [-0.05, 0) is 59.0 Å². The van der Waals surface area contributed by atoms with E-state index < -0.39 is 21.2 Å². The van der Waals surface area contributed by atoms with E-state index in [4.69, 9.17) is 4.18 Å². The fraction of sp³-hybridized carbons (Fsp3) is 0. The van der Waals surface area contributed by atoms with Crippen LogP contribution in [0.15, 0.2) is 56.9 Å². The van der Waals surface area contributed by atoms with Crippen LogP contribution in [0.3, 0.4) is 0 Å². The van der Waals surface area contributed by atoms with Crippen molar-refractivity contribution in [3.8, 4) is 5.75 Å². The maximum Gasteiger partial charge on any atom is 0.339 e. The quantitative estimate of drug-likeness (QED) is 0.363. The molecule has 2 aromatic carbocycles. The first-order chi connectivity index (χ1) is 10.8. The zero-order chi connectivity index (χ0) is 16.6. The van der Waals surface area contributed by atoms with Gasteiger partial charge in [0.25, 0.3) is 0 Å². The highest BCUT2D eigenvalue weighted by Gasteiger charge is 2.18. The maximum atomic E-state index is 12.3. The Labute approximate surface area is 143 Å². The van der Waals surface area contributed by atoms with Gasteiger partial charge in [0.2, 0.25) is 0 Å². The zero-order valence-corrected chi connectivity index (χ0v) is 14.3.